The fraction of sp³-hybridized carbons (Fsp3) is 0.289. The minimum absolute atomic E-state index is 0.0509. The molecule has 0 atom stereocenters. The first kappa shape index (κ1) is 34.2. The Kier molecular flexibility index (Phi) is 11.4. The van der Waals surface area contributed by atoms with Crippen LogP contribution in [0.15, 0.2) is 108 Å². The highest BCUT2D eigenvalue weighted by Crippen LogP contribution is 2.43. The molecule has 10 nitrogen and oxygen atoms in total. The highest BCUT2D eigenvalue weighted by Gasteiger charge is 2.40. The second-order valence-corrected chi connectivity index (χ2v) is 11.4. The van der Waals surface area contributed by atoms with Crippen molar-refractivity contribution in [1.82, 2.24) is 15.1 Å². The van der Waals surface area contributed by atoms with Crippen LogP contribution in [0.25, 0.3) is 16.9 Å². The van der Waals surface area contributed by atoms with Crippen molar-refractivity contribution in [3.63, 3.8) is 0 Å². The molecule has 250 valence electrons. The first-order valence-electron chi connectivity index (χ1n) is 15.7. The molecule has 5 rings (SSSR count). The van der Waals surface area contributed by atoms with Crippen molar-refractivity contribution >= 4 is 11.9 Å². The van der Waals surface area contributed by atoms with Gasteiger partial charge < -0.3 is 29.0 Å². The van der Waals surface area contributed by atoms with Gasteiger partial charge >= 0.3 is 11.9 Å². The zero-order valence-electron chi connectivity index (χ0n) is 27.9. The van der Waals surface area contributed by atoms with Crippen LogP contribution in [-0.4, -0.2) is 62.4 Å². The molecule has 0 radical (unpaired) electrons. The molecule has 1 aliphatic rings. The summed E-state index contributed by atoms with van der Waals surface area (Å²) < 4.78 is 29.3. The van der Waals surface area contributed by atoms with Crippen LogP contribution < -0.4 is 10.1 Å². The van der Waals surface area contributed by atoms with Crippen molar-refractivity contribution in [2.45, 2.75) is 33.3 Å². The molecule has 1 N–H and O–H groups in total. The Morgan fingerprint density at radius 2 is 1.33 bits per heavy atom. The summed E-state index contributed by atoms with van der Waals surface area (Å²) in [6.45, 7) is 6.62. The van der Waals surface area contributed by atoms with E-state index in [1.165, 1.54) is 19.8 Å². The molecule has 0 unspecified atom stereocenters. The van der Waals surface area contributed by atoms with Gasteiger partial charge in [0.2, 0.25) is 0 Å². The summed E-state index contributed by atoms with van der Waals surface area (Å²) in [7, 11) is 3.07. The molecule has 0 aliphatic carbocycles. The maximum absolute atomic E-state index is 13.8. The van der Waals surface area contributed by atoms with Crippen LogP contribution in [0.3, 0.4) is 0 Å². The zero-order valence-corrected chi connectivity index (χ0v) is 27.9. The fourth-order valence-corrected chi connectivity index (χ4v) is 5.53. The number of hydrogen-bond acceptors (Lipinski definition) is 9. The normalized spacial score (nSPS) is 13.4. The molecule has 4 aromatic rings. The summed E-state index contributed by atoms with van der Waals surface area (Å²) >= 11 is 0. The van der Waals surface area contributed by atoms with E-state index in [4.69, 9.17) is 28.8 Å². The quantitative estimate of drug-likeness (QED) is 0.129. The fourth-order valence-electron chi connectivity index (χ4n) is 5.53. The minimum atomic E-state index is -0.860. The van der Waals surface area contributed by atoms with E-state index in [2.05, 4.69) is 24.4 Å². The lowest BCUT2D eigenvalue weighted by atomic mass is 9.79. The molecule has 0 saturated carbocycles. The highest BCUT2D eigenvalue weighted by atomic mass is 16.6. The van der Waals surface area contributed by atoms with Crippen LogP contribution in [-0.2, 0) is 35.1 Å². The first-order chi connectivity index (χ1) is 23.3. The van der Waals surface area contributed by atoms with Gasteiger partial charge in [-0.3, -0.25) is 0 Å². The lowest BCUT2D eigenvalue weighted by Crippen LogP contribution is -2.33. The number of methoxy groups -OCH3 is 2. The second kappa shape index (κ2) is 16.1. The topological polar surface area (TPSA) is 110 Å². The number of rotatable bonds is 14. The summed E-state index contributed by atoms with van der Waals surface area (Å²) in [4.78, 5) is 27.5. The average molecular weight is 652 g/mol. The largest absolute Gasteiger partial charge is 0.489 e. The molecular formula is C38H41N3O7. The Morgan fingerprint density at radius 3 is 1.90 bits per heavy atom. The standard InChI is InChI=1S/C38H41N3O7/c1-25-11-13-28(14-12-25)24-48-31-17-15-29(16-18-31)36-32(23-41(40-36)30-9-7-6-8-10-30)35-33(37(42)46-21-19-44-4)26(2)39-27(3)34(35)38(43)47-22-20-45-5/h6-18,23,35,39H,19-22,24H2,1-5H3. The number of carbonyl (C=O) groups excluding carboxylic acids is 2. The van der Waals surface area contributed by atoms with Crippen LogP contribution in [0.5, 0.6) is 5.75 Å². The Hall–Kier alpha value is -5.19. The number of benzene rings is 3. The number of carbonyl (C=O) groups is 2. The Labute approximate surface area is 280 Å². The molecule has 0 fully saturated rings. The van der Waals surface area contributed by atoms with E-state index in [0.717, 1.165) is 16.8 Å². The van der Waals surface area contributed by atoms with Crippen LogP contribution in [0.4, 0.5) is 0 Å². The molecule has 1 aromatic heterocycles. The van der Waals surface area contributed by atoms with Gasteiger partial charge in [0.1, 0.15) is 25.6 Å². The summed E-state index contributed by atoms with van der Waals surface area (Å²) in [5, 5.41) is 8.22. The zero-order chi connectivity index (χ0) is 34.0. The Balaban J connectivity index is 1.59. The smallest absolute Gasteiger partial charge is 0.336 e. The maximum atomic E-state index is 13.8. The number of para-hydroxylation sites is 1. The molecule has 10 heteroatoms. The molecule has 3 aromatic carbocycles. The highest BCUT2D eigenvalue weighted by molar-refractivity contribution is 6.00. The number of nitrogens with one attached hydrogen (secondary N) is 1. The predicted octanol–water partition coefficient (Wildman–Crippen LogP) is 6.04. The third kappa shape index (κ3) is 8.02. The maximum Gasteiger partial charge on any atom is 0.336 e. The summed E-state index contributed by atoms with van der Waals surface area (Å²) in [5.41, 5.74) is 6.74. The van der Waals surface area contributed by atoms with Gasteiger partial charge in [0, 0.05) is 42.9 Å². The van der Waals surface area contributed by atoms with Gasteiger partial charge in [-0.2, -0.15) is 5.10 Å². The average Bonchev–Trinajstić information content (AvgIpc) is 3.54. The molecule has 0 amide bonds. The van der Waals surface area contributed by atoms with E-state index in [1.807, 2.05) is 72.9 Å². The van der Waals surface area contributed by atoms with Crippen molar-refractivity contribution in [3.8, 4) is 22.7 Å². The molecule has 1 aliphatic heterocycles. The number of dihydropyridines is 1. The van der Waals surface area contributed by atoms with Gasteiger partial charge in [0.15, 0.2) is 0 Å². The number of ether oxygens (including phenoxy) is 5. The summed E-state index contributed by atoms with van der Waals surface area (Å²) in [5.74, 6) is -1.31. The first-order valence-corrected chi connectivity index (χ1v) is 15.7. The predicted molar refractivity (Wildman–Crippen MR) is 181 cm³/mol. The molecule has 0 bridgehead atoms. The molecule has 2 heterocycles. The van der Waals surface area contributed by atoms with E-state index in [0.29, 0.717) is 35.0 Å². The number of aromatic nitrogens is 2. The van der Waals surface area contributed by atoms with E-state index in [9.17, 15) is 9.59 Å². The number of hydrogen-bond donors (Lipinski definition) is 1. The third-order valence-electron chi connectivity index (χ3n) is 7.97. The third-order valence-corrected chi connectivity index (χ3v) is 7.97. The van der Waals surface area contributed by atoms with Crippen molar-refractivity contribution in [2.24, 2.45) is 0 Å². The van der Waals surface area contributed by atoms with Gasteiger partial charge in [0.25, 0.3) is 0 Å². The van der Waals surface area contributed by atoms with Crippen molar-refractivity contribution in [1.29, 1.82) is 0 Å². The minimum Gasteiger partial charge on any atom is -0.489 e. The van der Waals surface area contributed by atoms with E-state index in [1.54, 1.807) is 18.5 Å². The van der Waals surface area contributed by atoms with Crippen molar-refractivity contribution < 1.29 is 33.3 Å². The Bertz CT molecular complexity index is 1730. The van der Waals surface area contributed by atoms with Crippen LogP contribution in [0, 0.1) is 6.92 Å². The molecule has 0 spiro atoms. The lowest BCUT2D eigenvalue weighted by Gasteiger charge is -2.30. The number of aryl methyl sites for hydroxylation is 1. The van der Waals surface area contributed by atoms with E-state index in [-0.39, 0.29) is 37.6 Å². The summed E-state index contributed by atoms with van der Waals surface area (Å²) in [6.07, 6.45) is 1.86. The number of allylic oxidation sites excluding steroid dienone is 2. The van der Waals surface area contributed by atoms with Crippen LogP contribution in [0.1, 0.15) is 36.5 Å². The summed E-state index contributed by atoms with van der Waals surface area (Å²) in [6, 6.07) is 25.5. The van der Waals surface area contributed by atoms with E-state index >= 15 is 0 Å². The number of nitrogens with zero attached hydrogens (tertiary/aromatic N) is 2. The van der Waals surface area contributed by atoms with Gasteiger partial charge in [-0.15, -0.1) is 0 Å². The van der Waals surface area contributed by atoms with Gasteiger partial charge in [0.05, 0.1) is 41.7 Å². The molecular weight excluding hydrogens is 610 g/mol. The lowest BCUT2D eigenvalue weighted by molar-refractivity contribution is -0.141. The van der Waals surface area contributed by atoms with Crippen LogP contribution in [0.2, 0.25) is 0 Å². The molecule has 48 heavy (non-hydrogen) atoms. The van der Waals surface area contributed by atoms with Crippen molar-refractivity contribution in [3.05, 3.63) is 124 Å². The Morgan fingerprint density at radius 1 is 0.750 bits per heavy atom. The SMILES string of the molecule is COCCOC(=O)C1=C(C)NC(C)=C(C(=O)OCCOC)C1c1cn(-c2ccccc2)nc1-c1ccc(OCc2ccc(C)cc2)cc1. The second-order valence-electron chi connectivity index (χ2n) is 11.4. The number of esters is 2. The molecule has 0 saturated heterocycles. The van der Waals surface area contributed by atoms with Gasteiger partial charge in [-0.1, -0.05) is 48.0 Å². The monoisotopic (exact) mass is 651 g/mol. The van der Waals surface area contributed by atoms with Crippen molar-refractivity contribution in [2.75, 3.05) is 40.6 Å². The van der Waals surface area contributed by atoms with Crippen LogP contribution >= 0.6 is 0 Å². The van der Waals surface area contributed by atoms with Gasteiger partial charge in [-0.25, -0.2) is 14.3 Å². The van der Waals surface area contributed by atoms with Gasteiger partial charge in [-0.05, 0) is 62.7 Å². The van der Waals surface area contributed by atoms with E-state index < -0.39 is 17.9 Å².